The number of anilines is 1. The van der Waals surface area contributed by atoms with Crippen molar-refractivity contribution in [2.45, 2.75) is 13.8 Å². The topological polar surface area (TPSA) is 139 Å². The van der Waals surface area contributed by atoms with E-state index in [4.69, 9.17) is 0 Å². The third-order valence-corrected chi connectivity index (χ3v) is 4.78. The molecule has 2 aromatic rings. The first-order valence-corrected chi connectivity index (χ1v) is 9.60. The minimum absolute atomic E-state index is 0.0396. The predicted molar refractivity (Wildman–Crippen MR) is 99.2 cm³/mol. The highest BCUT2D eigenvalue weighted by Gasteiger charge is 2.24. The van der Waals surface area contributed by atoms with E-state index in [1.54, 1.807) is 24.4 Å². The zero-order valence-electron chi connectivity index (χ0n) is 15.8. The molecule has 2 heterocycles. The molecule has 0 fully saturated rings. The first-order valence-electron chi connectivity index (χ1n) is 8.27. The van der Waals surface area contributed by atoms with Gasteiger partial charge in [-0.05, 0) is 26.0 Å². The maximum Gasteiger partial charge on any atom is 0.338 e. The summed E-state index contributed by atoms with van der Waals surface area (Å²) in [5, 5.41) is 18.7. The lowest BCUT2D eigenvalue weighted by Gasteiger charge is -2.32. The van der Waals surface area contributed by atoms with Crippen LogP contribution in [0, 0.1) is 10.1 Å². The van der Waals surface area contributed by atoms with E-state index in [2.05, 4.69) is 35.5 Å². The van der Waals surface area contributed by atoms with Crippen LogP contribution in [0.15, 0.2) is 24.4 Å². The highest BCUT2D eigenvalue weighted by atomic mass is 32.3. The Hall–Kier alpha value is -2.28. The largest absolute Gasteiger partial charge is 0.726 e. The van der Waals surface area contributed by atoms with Crippen molar-refractivity contribution >= 4 is 27.4 Å². The third-order valence-electron chi connectivity index (χ3n) is 4.37. The molecule has 0 aliphatic rings. The van der Waals surface area contributed by atoms with Gasteiger partial charge in [-0.1, -0.05) is 6.07 Å². The summed E-state index contributed by atoms with van der Waals surface area (Å²) >= 11 is 0. The lowest BCUT2D eigenvalue weighted by molar-refractivity contribution is -0.904. The summed E-state index contributed by atoms with van der Waals surface area (Å²) in [7, 11) is -1.42. The number of hydrogen-bond acceptors (Lipinski definition) is 8. The lowest BCUT2D eigenvalue weighted by atomic mass is 10.3. The first-order chi connectivity index (χ1) is 12.6. The highest BCUT2D eigenvalue weighted by Crippen LogP contribution is 2.28. The highest BCUT2D eigenvalue weighted by molar-refractivity contribution is 7.80. The molecule has 0 atom stereocenters. The zero-order chi connectivity index (χ0) is 20.7. The van der Waals surface area contributed by atoms with E-state index in [1.165, 1.54) is 4.52 Å². The molecule has 0 aliphatic carbocycles. The molecule has 2 rings (SSSR count). The number of nitrogens with one attached hydrogen (secondary N) is 1. The molecule has 2 aromatic heterocycles. The molecule has 12 heteroatoms. The SMILES string of the molecule is CC[N+](C)(CC)CCNc1nn2ccccc2c1[N+](=O)[O-].COS(=O)(=O)[O-]. The summed E-state index contributed by atoms with van der Waals surface area (Å²) < 4.78 is 33.5. The monoisotopic (exact) mass is 403 g/mol. The zero-order valence-corrected chi connectivity index (χ0v) is 16.6. The molecule has 152 valence electrons. The van der Waals surface area contributed by atoms with Crippen LogP contribution in [0.5, 0.6) is 0 Å². The van der Waals surface area contributed by atoms with Crippen molar-refractivity contribution in [2.24, 2.45) is 0 Å². The standard InChI is InChI=1S/C14H22N5O2.CH4O4S/c1-4-19(3,5-2)11-9-15-14-13(18(20)21)12-8-6-7-10-17(12)16-14;1-5-6(2,3)4/h6-8,10H,4-5,9,11H2,1-3H3,(H,15,16);1H3,(H,2,3,4)/q+1;/p-1. The summed E-state index contributed by atoms with van der Waals surface area (Å²) in [5.41, 5.74) is 0.547. The summed E-state index contributed by atoms with van der Waals surface area (Å²) in [4.78, 5) is 10.9. The second-order valence-electron chi connectivity index (χ2n) is 5.96. The van der Waals surface area contributed by atoms with E-state index in [1.807, 2.05) is 0 Å². The summed E-state index contributed by atoms with van der Waals surface area (Å²) in [6.45, 7) is 7.92. The van der Waals surface area contributed by atoms with Crippen LogP contribution in [0.1, 0.15) is 13.8 Å². The first kappa shape index (κ1) is 22.8. The Morgan fingerprint density at radius 3 is 2.41 bits per heavy atom. The molecular formula is C15H25N5O6S. The molecule has 0 saturated carbocycles. The van der Waals surface area contributed by atoms with Crippen molar-refractivity contribution < 1.29 is 26.6 Å². The Balaban J connectivity index is 0.000000527. The number of quaternary nitrogens is 1. The van der Waals surface area contributed by atoms with Gasteiger partial charge in [0.1, 0.15) is 5.52 Å². The number of rotatable bonds is 8. The number of fused-ring (bicyclic) bond motifs is 1. The van der Waals surface area contributed by atoms with Crippen molar-refractivity contribution in [2.75, 3.05) is 45.7 Å². The molecule has 0 spiro atoms. The van der Waals surface area contributed by atoms with Gasteiger partial charge in [0.25, 0.3) is 0 Å². The number of pyridine rings is 1. The van der Waals surface area contributed by atoms with E-state index >= 15 is 0 Å². The van der Waals surface area contributed by atoms with Gasteiger partial charge < -0.3 is 14.4 Å². The minimum atomic E-state index is -4.41. The third kappa shape index (κ3) is 6.75. The van der Waals surface area contributed by atoms with E-state index in [9.17, 15) is 23.1 Å². The number of likely N-dealkylation sites (N-methyl/N-ethyl adjacent to an activating group) is 1. The Bertz CT molecular complexity index is 863. The Morgan fingerprint density at radius 1 is 1.33 bits per heavy atom. The summed E-state index contributed by atoms with van der Waals surface area (Å²) in [6.07, 6.45) is 1.71. The van der Waals surface area contributed by atoms with Crippen molar-refractivity contribution in [3.05, 3.63) is 34.5 Å². The number of nitro groups is 1. The van der Waals surface area contributed by atoms with Crippen LogP contribution in [0.3, 0.4) is 0 Å². The Kier molecular flexibility index (Phi) is 8.09. The maximum absolute atomic E-state index is 11.3. The van der Waals surface area contributed by atoms with E-state index in [0.29, 0.717) is 17.9 Å². The molecule has 1 N–H and O–H groups in total. The van der Waals surface area contributed by atoms with Gasteiger partial charge in [0.15, 0.2) is 0 Å². The van der Waals surface area contributed by atoms with Crippen LogP contribution >= 0.6 is 0 Å². The van der Waals surface area contributed by atoms with Gasteiger partial charge in [0, 0.05) is 6.20 Å². The van der Waals surface area contributed by atoms with Crippen LogP contribution in [-0.2, 0) is 14.6 Å². The van der Waals surface area contributed by atoms with Gasteiger partial charge in [0.05, 0.1) is 45.3 Å². The van der Waals surface area contributed by atoms with Gasteiger partial charge in [-0.25, -0.2) is 12.9 Å². The van der Waals surface area contributed by atoms with Gasteiger partial charge in [-0.15, -0.1) is 5.10 Å². The average molecular weight is 403 g/mol. The molecule has 0 unspecified atom stereocenters. The maximum atomic E-state index is 11.3. The van der Waals surface area contributed by atoms with Crippen molar-refractivity contribution in [1.82, 2.24) is 9.61 Å². The molecule has 0 bridgehead atoms. The normalized spacial score (nSPS) is 11.7. The molecule has 0 radical (unpaired) electrons. The molecule has 0 amide bonds. The smallest absolute Gasteiger partial charge is 0.338 e. The number of hydrogen-bond donors (Lipinski definition) is 1. The van der Waals surface area contributed by atoms with Crippen LogP contribution in [0.2, 0.25) is 0 Å². The minimum Gasteiger partial charge on any atom is -0.726 e. The van der Waals surface area contributed by atoms with Crippen molar-refractivity contribution in [3.8, 4) is 0 Å². The van der Waals surface area contributed by atoms with Crippen LogP contribution in [-0.4, -0.2) is 72.3 Å². The molecule has 0 aliphatic heterocycles. The molecule has 11 nitrogen and oxygen atoms in total. The average Bonchev–Trinajstić information content (AvgIpc) is 2.99. The van der Waals surface area contributed by atoms with Gasteiger partial charge >= 0.3 is 5.69 Å². The fourth-order valence-corrected chi connectivity index (χ4v) is 2.27. The van der Waals surface area contributed by atoms with Crippen LogP contribution in [0.25, 0.3) is 5.52 Å². The second-order valence-corrected chi connectivity index (χ2v) is 7.11. The summed E-state index contributed by atoms with van der Waals surface area (Å²) in [6, 6.07) is 5.28. The van der Waals surface area contributed by atoms with Crippen molar-refractivity contribution in [1.29, 1.82) is 0 Å². The van der Waals surface area contributed by atoms with Gasteiger partial charge in [-0.3, -0.25) is 14.3 Å². The quantitative estimate of drug-likeness (QED) is 0.228. The summed E-state index contributed by atoms with van der Waals surface area (Å²) in [5.74, 6) is 0.338. The fourth-order valence-electron chi connectivity index (χ4n) is 2.27. The molecule has 0 aromatic carbocycles. The van der Waals surface area contributed by atoms with Crippen LogP contribution in [0.4, 0.5) is 11.5 Å². The number of aromatic nitrogens is 2. The van der Waals surface area contributed by atoms with Gasteiger partial charge in [-0.2, -0.15) is 0 Å². The molecule has 27 heavy (non-hydrogen) atoms. The Labute approximate surface area is 158 Å². The lowest BCUT2D eigenvalue weighted by Crippen LogP contribution is -2.46. The fraction of sp³-hybridized carbons (Fsp3) is 0.533. The molecular weight excluding hydrogens is 378 g/mol. The number of nitrogens with zero attached hydrogens (tertiary/aromatic N) is 4. The molecule has 0 saturated heterocycles. The Morgan fingerprint density at radius 2 is 1.93 bits per heavy atom. The van der Waals surface area contributed by atoms with E-state index in [0.717, 1.165) is 31.2 Å². The van der Waals surface area contributed by atoms with Crippen LogP contribution < -0.4 is 5.32 Å². The second kappa shape index (κ2) is 9.60. The predicted octanol–water partition coefficient (Wildman–Crippen LogP) is 1.23. The van der Waals surface area contributed by atoms with Gasteiger partial charge in [0.2, 0.25) is 16.2 Å². The van der Waals surface area contributed by atoms with E-state index in [-0.39, 0.29) is 10.6 Å². The van der Waals surface area contributed by atoms with E-state index < -0.39 is 10.4 Å². The van der Waals surface area contributed by atoms with Crippen molar-refractivity contribution in [3.63, 3.8) is 0 Å².